The van der Waals surface area contributed by atoms with Gasteiger partial charge < -0.3 is 15.2 Å². The maximum Gasteiger partial charge on any atom is 0.350 e. The molecule has 0 aliphatic heterocycles. The molecule has 0 saturated carbocycles. The second-order valence-electron chi connectivity index (χ2n) is 2.43. The molecule has 78 valence electrons. The summed E-state index contributed by atoms with van der Waals surface area (Å²) in [5.41, 5.74) is 0.677. The Hall–Kier alpha value is -0.590. The topological polar surface area (TPSA) is 58.6 Å². The number of ether oxygens (including phenoxy) is 1. The Morgan fingerprint density at radius 2 is 2.50 bits per heavy atom. The Kier molecular flexibility index (Phi) is 4.37. The van der Waals surface area contributed by atoms with Crippen LogP contribution in [0.4, 0.5) is 5.69 Å². The first-order chi connectivity index (χ1) is 6.70. The molecule has 0 aliphatic carbocycles. The van der Waals surface area contributed by atoms with E-state index in [4.69, 9.17) is 5.11 Å². The molecule has 4 nitrogen and oxygen atoms in total. The smallest absolute Gasteiger partial charge is 0.350 e. The van der Waals surface area contributed by atoms with Gasteiger partial charge in [0.2, 0.25) is 0 Å². The normalized spacial score (nSPS) is 9.93. The fraction of sp³-hybridized carbons (Fsp3) is 0.375. The van der Waals surface area contributed by atoms with Crippen molar-refractivity contribution in [1.82, 2.24) is 0 Å². The van der Waals surface area contributed by atoms with E-state index in [-0.39, 0.29) is 12.6 Å². The second kappa shape index (κ2) is 5.33. The number of anilines is 1. The highest BCUT2D eigenvalue weighted by Crippen LogP contribution is 2.32. The Bertz CT molecular complexity index is 326. The van der Waals surface area contributed by atoms with E-state index in [9.17, 15) is 4.79 Å². The molecule has 0 spiro atoms. The number of nitrogens with one attached hydrogen (secondary N) is 1. The maximum atomic E-state index is 11.3. The standard InChI is InChI=1S/C8H10BrNO3S/c1-13-8(12)7-6(10-2-3-11)5(9)4-14-7/h4,10-11H,2-3H2,1H3. The monoisotopic (exact) mass is 279 g/mol. The zero-order valence-corrected chi connectivity index (χ0v) is 9.94. The summed E-state index contributed by atoms with van der Waals surface area (Å²) >= 11 is 4.60. The molecule has 2 N–H and O–H groups in total. The zero-order valence-electron chi connectivity index (χ0n) is 7.54. The van der Waals surface area contributed by atoms with E-state index in [0.29, 0.717) is 17.1 Å². The van der Waals surface area contributed by atoms with Crippen molar-refractivity contribution in [3.05, 3.63) is 14.7 Å². The first-order valence-corrected chi connectivity index (χ1v) is 5.58. The molecule has 1 aromatic rings. The highest BCUT2D eigenvalue weighted by atomic mass is 79.9. The minimum atomic E-state index is -0.374. The molecule has 0 aliphatic rings. The van der Waals surface area contributed by atoms with Crippen LogP contribution in [0.25, 0.3) is 0 Å². The Labute approximate surface area is 94.0 Å². The van der Waals surface area contributed by atoms with E-state index >= 15 is 0 Å². The van der Waals surface area contributed by atoms with Gasteiger partial charge in [-0.25, -0.2) is 4.79 Å². The molecule has 0 aromatic carbocycles. The van der Waals surface area contributed by atoms with Crippen molar-refractivity contribution in [2.75, 3.05) is 25.6 Å². The molecule has 6 heteroatoms. The third-order valence-electron chi connectivity index (χ3n) is 1.53. The van der Waals surface area contributed by atoms with Crippen molar-refractivity contribution in [3.8, 4) is 0 Å². The van der Waals surface area contributed by atoms with Gasteiger partial charge in [0.1, 0.15) is 4.88 Å². The van der Waals surface area contributed by atoms with Crippen molar-refractivity contribution >= 4 is 38.9 Å². The van der Waals surface area contributed by atoms with Crippen LogP contribution in [0.2, 0.25) is 0 Å². The van der Waals surface area contributed by atoms with Gasteiger partial charge in [-0.2, -0.15) is 0 Å². The van der Waals surface area contributed by atoms with Crippen LogP contribution in [0, 0.1) is 0 Å². The summed E-state index contributed by atoms with van der Waals surface area (Å²) in [6, 6.07) is 0. The molecule has 0 fully saturated rings. The SMILES string of the molecule is COC(=O)c1scc(Br)c1NCCO. The van der Waals surface area contributed by atoms with Gasteiger partial charge in [-0.15, -0.1) is 11.3 Å². The van der Waals surface area contributed by atoms with Gasteiger partial charge in [0.25, 0.3) is 0 Å². The predicted molar refractivity (Wildman–Crippen MR) is 58.9 cm³/mol. The van der Waals surface area contributed by atoms with Crippen molar-refractivity contribution in [2.45, 2.75) is 0 Å². The average molecular weight is 280 g/mol. The number of aliphatic hydroxyl groups is 1. The van der Waals surface area contributed by atoms with Crippen molar-refractivity contribution < 1.29 is 14.6 Å². The number of halogens is 1. The molecular formula is C8H10BrNO3S. The van der Waals surface area contributed by atoms with Crippen LogP contribution in [0.3, 0.4) is 0 Å². The number of hydrogen-bond donors (Lipinski definition) is 2. The Morgan fingerprint density at radius 3 is 3.07 bits per heavy atom. The molecule has 0 amide bonds. The molecule has 1 rings (SSSR count). The zero-order chi connectivity index (χ0) is 10.6. The van der Waals surface area contributed by atoms with Crippen LogP contribution in [-0.4, -0.2) is 31.3 Å². The number of carbonyl (C=O) groups excluding carboxylic acids is 1. The predicted octanol–water partition coefficient (Wildman–Crippen LogP) is 1.70. The molecule has 1 aromatic heterocycles. The molecule has 0 radical (unpaired) electrons. The third-order valence-corrected chi connectivity index (χ3v) is 3.42. The van der Waals surface area contributed by atoms with Crippen LogP contribution in [-0.2, 0) is 4.74 Å². The largest absolute Gasteiger partial charge is 0.465 e. The molecule has 0 saturated heterocycles. The summed E-state index contributed by atoms with van der Waals surface area (Å²) in [5.74, 6) is -0.374. The fourth-order valence-corrected chi connectivity index (χ4v) is 2.49. The lowest BCUT2D eigenvalue weighted by Gasteiger charge is -2.05. The molecule has 1 heterocycles. The number of esters is 1. The fourth-order valence-electron chi connectivity index (χ4n) is 0.925. The first-order valence-electron chi connectivity index (χ1n) is 3.90. The van der Waals surface area contributed by atoms with Crippen LogP contribution in [0.15, 0.2) is 9.85 Å². The van der Waals surface area contributed by atoms with Gasteiger partial charge in [0, 0.05) is 11.9 Å². The summed E-state index contributed by atoms with van der Waals surface area (Å²) in [5, 5.41) is 13.4. The molecule has 14 heavy (non-hydrogen) atoms. The first kappa shape index (κ1) is 11.5. The number of thiophene rings is 1. The summed E-state index contributed by atoms with van der Waals surface area (Å²) in [6.45, 7) is 0.419. The lowest BCUT2D eigenvalue weighted by Crippen LogP contribution is -2.09. The van der Waals surface area contributed by atoms with Crippen LogP contribution < -0.4 is 5.32 Å². The summed E-state index contributed by atoms with van der Waals surface area (Å²) in [7, 11) is 1.34. The van der Waals surface area contributed by atoms with E-state index in [1.165, 1.54) is 18.4 Å². The minimum absolute atomic E-state index is 0.0168. The highest BCUT2D eigenvalue weighted by Gasteiger charge is 2.16. The van der Waals surface area contributed by atoms with Crippen LogP contribution in [0.1, 0.15) is 9.67 Å². The maximum absolute atomic E-state index is 11.3. The summed E-state index contributed by atoms with van der Waals surface area (Å²) in [6.07, 6.45) is 0. The number of hydrogen-bond acceptors (Lipinski definition) is 5. The van der Waals surface area contributed by atoms with Crippen molar-refractivity contribution in [3.63, 3.8) is 0 Å². The number of methoxy groups -OCH3 is 1. The summed E-state index contributed by atoms with van der Waals surface area (Å²) in [4.78, 5) is 11.8. The van der Waals surface area contributed by atoms with Gasteiger partial charge in [-0.05, 0) is 15.9 Å². The number of rotatable bonds is 4. The van der Waals surface area contributed by atoms with Gasteiger partial charge in [0.15, 0.2) is 0 Å². The quantitative estimate of drug-likeness (QED) is 0.824. The van der Waals surface area contributed by atoms with Crippen molar-refractivity contribution in [2.24, 2.45) is 0 Å². The minimum Gasteiger partial charge on any atom is -0.465 e. The lowest BCUT2D eigenvalue weighted by atomic mass is 10.4. The summed E-state index contributed by atoms with van der Waals surface area (Å²) < 4.78 is 5.42. The lowest BCUT2D eigenvalue weighted by molar-refractivity contribution is 0.0607. The van der Waals surface area contributed by atoms with Gasteiger partial charge >= 0.3 is 5.97 Å². The van der Waals surface area contributed by atoms with E-state index in [1.54, 1.807) is 5.38 Å². The molecular weight excluding hydrogens is 270 g/mol. The highest BCUT2D eigenvalue weighted by molar-refractivity contribution is 9.10. The van der Waals surface area contributed by atoms with E-state index < -0.39 is 0 Å². The van der Waals surface area contributed by atoms with Gasteiger partial charge in [-0.1, -0.05) is 0 Å². The van der Waals surface area contributed by atoms with Crippen LogP contribution in [0.5, 0.6) is 0 Å². The van der Waals surface area contributed by atoms with E-state index in [2.05, 4.69) is 26.0 Å². The van der Waals surface area contributed by atoms with Crippen LogP contribution >= 0.6 is 27.3 Å². The number of carbonyl (C=O) groups is 1. The van der Waals surface area contributed by atoms with E-state index in [1.807, 2.05) is 0 Å². The Balaban J connectivity index is 2.88. The molecule has 0 bridgehead atoms. The van der Waals surface area contributed by atoms with Gasteiger partial charge in [-0.3, -0.25) is 0 Å². The molecule has 0 atom stereocenters. The van der Waals surface area contributed by atoms with Gasteiger partial charge in [0.05, 0.1) is 23.9 Å². The van der Waals surface area contributed by atoms with E-state index in [0.717, 1.165) is 4.47 Å². The second-order valence-corrected chi connectivity index (χ2v) is 4.16. The van der Waals surface area contributed by atoms with Crippen molar-refractivity contribution in [1.29, 1.82) is 0 Å². The Morgan fingerprint density at radius 1 is 1.79 bits per heavy atom. The molecule has 0 unspecified atom stereocenters. The average Bonchev–Trinajstić information content (AvgIpc) is 2.56. The third kappa shape index (κ3) is 2.46. The number of aliphatic hydroxyl groups excluding tert-OH is 1.